The Morgan fingerprint density at radius 2 is 1.92 bits per heavy atom. The summed E-state index contributed by atoms with van der Waals surface area (Å²) in [4.78, 5) is 23.7. The second-order valence-corrected chi connectivity index (χ2v) is 4.96. The SMILES string of the molecule is C#Cc1ccc(OCC(=O)Nc2cc(C(=O)OCC)ccc2O)cc1. The molecule has 0 atom stereocenters. The number of phenolic OH excluding ortho intramolecular Hbond substituents is 1. The van der Waals surface area contributed by atoms with Crippen LogP contribution in [0.15, 0.2) is 42.5 Å². The van der Waals surface area contributed by atoms with Crippen LogP contribution in [0.25, 0.3) is 0 Å². The van der Waals surface area contributed by atoms with Crippen molar-refractivity contribution in [3.05, 3.63) is 53.6 Å². The van der Waals surface area contributed by atoms with Gasteiger partial charge in [-0.05, 0) is 49.4 Å². The van der Waals surface area contributed by atoms with E-state index in [4.69, 9.17) is 15.9 Å². The number of amides is 1. The largest absolute Gasteiger partial charge is 0.506 e. The average Bonchev–Trinajstić information content (AvgIpc) is 2.62. The Bertz CT molecular complexity index is 806. The van der Waals surface area contributed by atoms with Gasteiger partial charge in [0.05, 0.1) is 17.9 Å². The lowest BCUT2D eigenvalue weighted by atomic mass is 10.2. The number of nitrogens with one attached hydrogen (secondary N) is 1. The van der Waals surface area contributed by atoms with Crippen LogP contribution in [0, 0.1) is 12.3 Å². The van der Waals surface area contributed by atoms with Crippen molar-refractivity contribution in [2.45, 2.75) is 6.92 Å². The number of aromatic hydroxyl groups is 1. The van der Waals surface area contributed by atoms with Gasteiger partial charge in [0.1, 0.15) is 11.5 Å². The van der Waals surface area contributed by atoms with E-state index in [-0.39, 0.29) is 30.2 Å². The minimum absolute atomic E-state index is 0.0989. The Hall–Kier alpha value is -3.46. The summed E-state index contributed by atoms with van der Waals surface area (Å²) in [5.74, 6) is 1.77. The maximum atomic E-state index is 12.0. The summed E-state index contributed by atoms with van der Waals surface area (Å²) in [7, 11) is 0. The third-order valence-electron chi connectivity index (χ3n) is 3.17. The minimum Gasteiger partial charge on any atom is -0.506 e. The number of esters is 1. The van der Waals surface area contributed by atoms with Crippen LogP contribution in [0.2, 0.25) is 0 Å². The molecule has 0 unspecified atom stereocenters. The molecule has 0 aliphatic heterocycles. The van der Waals surface area contributed by atoms with Crippen LogP contribution >= 0.6 is 0 Å². The summed E-state index contributed by atoms with van der Waals surface area (Å²) in [6.45, 7) is 1.65. The molecule has 128 valence electrons. The van der Waals surface area contributed by atoms with Crippen LogP contribution in [0.4, 0.5) is 5.69 Å². The highest BCUT2D eigenvalue weighted by molar-refractivity contribution is 5.96. The third kappa shape index (κ3) is 5.01. The summed E-state index contributed by atoms with van der Waals surface area (Å²) in [6.07, 6.45) is 5.26. The number of carbonyl (C=O) groups excluding carboxylic acids is 2. The topological polar surface area (TPSA) is 84.9 Å². The van der Waals surface area contributed by atoms with Crippen molar-refractivity contribution in [2.24, 2.45) is 0 Å². The predicted molar refractivity (Wildman–Crippen MR) is 92.6 cm³/mol. The Morgan fingerprint density at radius 3 is 2.56 bits per heavy atom. The number of hydrogen-bond acceptors (Lipinski definition) is 5. The Morgan fingerprint density at radius 1 is 1.20 bits per heavy atom. The van der Waals surface area contributed by atoms with E-state index in [1.807, 2.05) is 0 Å². The van der Waals surface area contributed by atoms with Crippen LogP contribution in [-0.2, 0) is 9.53 Å². The fraction of sp³-hybridized carbons (Fsp3) is 0.158. The Labute approximate surface area is 145 Å². The maximum absolute atomic E-state index is 12.0. The smallest absolute Gasteiger partial charge is 0.338 e. The molecule has 0 fully saturated rings. The van der Waals surface area contributed by atoms with Gasteiger partial charge in [-0.1, -0.05) is 5.92 Å². The fourth-order valence-corrected chi connectivity index (χ4v) is 1.96. The molecule has 0 heterocycles. The van der Waals surface area contributed by atoms with E-state index in [0.717, 1.165) is 0 Å². The van der Waals surface area contributed by atoms with Gasteiger partial charge in [-0.2, -0.15) is 0 Å². The molecule has 0 saturated carbocycles. The number of rotatable bonds is 6. The van der Waals surface area contributed by atoms with Gasteiger partial charge >= 0.3 is 5.97 Å². The van der Waals surface area contributed by atoms with Crippen molar-refractivity contribution in [1.82, 2.24) is 0 Å². The molecule has 2 aromatic carbocycles. The summed E-state index contributed by atoms with van der Waals surface area (Å²) in [5, 5.41) is 12.3. The van der Waals surface area contributed by atoms with Gasteiger partial charge in [0.2, 0.25) is 0 Å². The van der Waals surface area contributed by atoms with Gasteiger partial charge in [0, 0.05) is 5.56 Å². The normalized spacial score (nSPS) is 9.76. The van der Waals surface area contributed by atoms with Crippen molar-refractivity contribution in [1.29, 1.82) is 0 Å². The zero-order valence-corrected chi connectivity index (χ0v) is 13.6. The minimum atomic E-state index is -0.539. The molecule has 0 aromatic heterocycles. The van der Waals surface area contributed by atoms with E-state index in [9.17, 15) is 14.7 Å². The zero-order valence-electron chi connectivity index (χ0n) is 13.6. The molecule has 2 N–H and O–H groups in total. The van der Waals surface area contributed by atoms with Gasteiger partial charge < -0.3 is 19.9 Å². The summed E-state index contributed by atoms with van der Waals surface area (Å²) in [6, 6.07) is 10.8. The molecule has 0 radical (unpaired) electrons. The lowest BCUT2D eigenvalue weighted by Crippen LogP contribution is -2.20. The van der Waals surface area contributed by atoms with E-state index >= 15 is 0 Å². The lowest BCUT2D eigenvalue weighted by molar-refractivity contribution is -0.118. The zero-order chi connectivity index (χ0) is 18.2. The van der Waals surface area contributed by atoms with E-state index in [2.05, 4.69) is 11.2 Å². The average molecular weight is 339 g/mol. The molecule has 25 heavy (non-hydrogen) atoms. The number of hydrogen-bond donors (Lipinski definition) is 2. The summed E-state index contributed by atoms with van der Waals surface area (Å²) in [5.41, 5.74) is 1.03. The highest BCUT2D eigenvalue weighted by Crippen LogP contribution is 2.24. The molecule has 0 spiro atoms. The molecule has 1 amide bonds. The van der Waals surface area contributed by atoms with E-state index in [1.54, 1.807) is 31.2 Å². The molecule has 0 aliphatic carbocycles. The number of anilines is 1. The van der Waals surface area contributed by atoms with Gasteiger partial charge in [0.15, 0.2) is 6.61 Å². The molecule has 6 heteroatoms. The van der Waals surface area contributed by atoms with Crippen LogP contribution in [-0.4, -0.2) is 30.2 Å². The summed E-state index contributed by atoms with van der Waals surface area (Å²) >= 11 is 0. The molecule has 0 aliphatic rings. The monoisotopic (exact) mass is 339 g/mol. The molecule has 6 nitrogen and oxygen atoms in total. The maximum Gasteiger partial charge on any atom is 0.338 e. The van der Waals surface area contributed by atoms with E-state index < -0.39 is 11.9 Å². The lowest BCUT2D eigenvalue weighted by Gasteiger charge is -2.10. The highest BCUT2D eigenvalue weighted by Gasteiger charge is 2.12. The van der Waals surface area contributed by atoms with Crippen LogP contribution in [0.5, 0.6) is 11.5 Å². The van der Waals surface area contributed by atoms with Gasteiger partial charge in [-0.15, -0.1) is 6.42 Å². The standard InChI is InChI=1S/C19H17NO5/c1-3-13-5-8-15(9-6-13)25-12-18(22)20-16-11-14(7-10-17(16)21)19(23)24-4-2/h1,5-11,21H,4,12H2,2H3,(H,20,22). The number of carbonyl (C=O) groups is 2. The molecule has 0 saturated heterocycles. The van der Waals surface area contributed by atoms with E-state index in [1.165, 1.54) is 18.2 Å². The van der Waals surface area contributed by atoms with Crippen molar-refractivity contribution in [3.8, 4) is 23.8 Å². The second-order valence-electron chi connectivity index (χ2n) is 4.96. The highest BCUT2D eigenvalue weighted by atomic mass is 16.5. The molecular formula is C19H17NO5. The first-order valence-corrected chi connectivity index (χ1v) is 7.53. The van der Waals surface area contributed by atoms with Crippen molar-refractivity contribution < 1.29 is 24.2 Å². The Balaban J connectivity index is 1.98. The number of terminal acetylenes is 1. The van der Waals surface area contributed by atoms with Crippen molar-refractivity contribution >= 4 is 17.6 Å². The molecule has 2 rings (SSSR count). The van der Waals surface area contributed by atoms with E-state index in [0.29, 0.717) is 11.3 Å². The first-order chi connectivity index (χ1) is 12.0. The summed E-state index contributed by atoms with van der Waals surface area (Å²) < 4.78 is 10.2. The number of ether oxygens (including phenoxy) is 2. The number of phenols is 1. The third-order valence-corrected chi connectivity index (χ3v) is 3.17. The van der Waals surface area contributed by atoms with Crippen LogP contribution < -0.4 is 10.1 Å². The molecular weight excluding hydrogens is 322 g/mol. The predicted octanol–water partition coefficient (Wildman–Crippen LogP) is 2.57. The van der Waals surface area contributed by atoms with Gasteiger partial charge in [0.25, 0.3) is 5.91 Å². The molecule has 0 bridgehead atoms. The van der Waals surface area contributed by atoms with Crippen molar-refractivity contribution in [2.75, 3.05) is 18.5 Å². The van der Waals surface area contributed by atoms with Crippen molar-refractivity contribution in [3.63, 3.8) is 0 Å². The Kier molecular flexibility index (Phi) is 6.02. The van der Waals surface area contributed by atoms with Gasteiger partial charge in [-0.25, -0.2) is 4.79 Å². The first-order valence-electron chi connectivity index (χ1n) is 7.53. The van der Waals surface area contributed by atoms with Crippen LogP contribution in [0.1, 0.15) is 22.8 Å². The quantitative estimate of drug-likeness (QED) is 0.480. The number of benzene rings is 2. The molecule has 2 aromatic rings. The van der Waals surface area contributed by atoms with Gasteiger partial charge in [-0.3, -0.25) is 4.79 Å². The first kappa shape index (κ1) is 17.9. The van der Waals surface area contributed by atoms with Crippen LogP contribution in [0.3, 0.4) is 0 Å². The second kappa shape index (κ2) is 8.41. The fourth-order valence-electron chi connectivity index (χ4n) is 1.96.